The third-order valence-electron chi connectivity index (χ3n) is 2.98. The summed E-state index contributed by atoms with van der Waals surface area (Å²) in [6.45, 7) is 8.91. The Hall–Kier alpha value is -0.820. The van der Waals surface area contributed by atoms with Crippen LogP contribution in [0.2, 0.25) is 0 Å². The van der Waals surface area contributed by atoms with Crippen molar-refractivity contribution in [3.05, 3.63) is 35.4 Å². The van der Waals surface area contributed by atoms with Gasteiger partial charge in [0.15, 0.2) is 0 Å². The zero-order valence-electron chi connectivity index (χ0n) is 11.1. The highest BCUT2D eigenvalue weighted by Gasteiger charge is 2.13. The van der Waals surface area contributed by atoms with Crippen LogP contribution in [0.3, 0.4) is 0 Å². The van der Waals surface area contributed by atoms with Gasteiger partial charge < -0.3 is 5.73 Å². The molecule has 1 aromatic rings. The van der Waals surface area contributed by atoms with Crippen molar-refractivity contribution < 1.29 is 0 Å². The van der Waals surface area contributed by atoms with E-state index in [9.17, 15) is 0 Å². The third-order valence-corrected chi connectivity index (χ3v) is 2.98. The Kier molecular flexibility index (Phi) is 4.55. The predicted octanol–water partition coefficient (Wildman–Crippen LogP) is 3.65. The van der Waals surface area contributed by atoms with Gasteiger partial charge >= 0.3 is 0 Å². The number of rotatable bonds is 4. The molecular weight excluding hydrogens is 194 g/mol. The molecule has 1 aromatic carbocycles. The lowest BCUT2D eigenvalue weighted by atomic mass is 9.86. The van der Waals surface area contributed by atoms with Crippen molar-refractivity contribution in [1.29, 1.82) is 0 Å². The summed E-state index contributed by atoms with van der Waals surface area (Å²) in [5, 5.41) is 0. The summed E-state index contributed by atoms with van der Waals surface area (Å²) in [7, 11) is 0. The Morgan fingerprint density at radius 1 is 1.12 bits per heavy atom. The van der Waals surface area contributed by atoms with Gasteiger partial charge in [0.05, 0.1) is 0 Å². The molecule has 16 heavy (non-hydrogen) atoms. The van der Waals surface area contributed by atoms with Gasteiger partial charge in [0.2, 0.25) is 0 Å². The van der Waals surface area contributed by atoms with Gasteiger partial charge in [0, 0.05) is 6.04 Å². The monoisotopic (exact) mass is 219 g/mol. The fraction of sp³-hybridized carbons (Fsp3) is 0.600. The normalized spacial score (nSPS) is 13.8. The van der Waals surface area contributed by atoms with Crippen LogP contribution < -0.4 is 5.73 Å². The van der Waals surface area contributed by atoms with Gasteiger partial charge in [0.1, 0.15) is 0 Å². The molecule has 90 valence electrons. The molecule has 0 aromatic heterocycles. The molecule has 1 atom stereocenters. The summed E-state index contributed by atoms with van der Waals surface area (Å²) in [5.74, 6) is 0. The van der Waals surface area contributed by atoms with Gasteiger partial charge in [-0.1, -0.05) is 58.4 Å². The fourth-order valence-electron chi connectivity index (χ4n) is 1.92. The Labute approximate surface area is 100 Å². The van der Waals surface area contributed by atoms with E-state index in [1.54, 1.807) is 0 Å². The van der Waals surface area contributed by atoms with Crippen LogP contribution in [-0.4, -0.2) is 6.04 Å². The Morgan fingerprint density at radius 3 is 2.12 bits per heavy atom. The molecule has 0 aliphatic heterocycles. The third kappa shape index (κ3) is 3.97. The van der Waals surface area contributed by atoms with E-state index >= 15 is 0 Å². The Balaban J connectivity index is 2.65. The topological polar surface area (TPSA) is 26.0 Å². The predicted molar refractivity (Wildman–Crippen MR) is 71.7 cm³/mol. The summed E-state index contributed by atoms with van der Waals surface area (Å²) in [5.41, 5.74) is 9.02. The first-order valence-electron chi connectivity index (χ1n) is 6.28. The fourth-order valence-corrected chi connectivity index (χ4v) is 1.92. The van der Waals surface area contributed by atoms with E-state index in [1.165, 1.54) is 17.5 Å². The van der Waals surface area contributed by atoms with Crippen LogP contribution in [0.5, 0.6) is 0 Å². The van der Waals surface area contributed by atoms with Gasteiger partial charge in [-0.25, -0.2) is 0 Å². The Bertz CT molecular complexity index is 305. The first-order chi connectivity index (χ1) is 7.43. The molecule has 0 amide bonds. The van der Waals surface area contributed by atoms with Crippen LogP contribution in [0, 0.1) is 0 Å². The minimum Gasteiger partial charge on any atom is -0.327 e. The van der Waals surface area contributed by atoms with Crippen molar-refractivity contribution in [2.75, 3.05) is 0 Å². The minimum atomic E-state index is 0.240. The van der Waals surface area contributed by atoms with Crippen molar-refractivity contribution in [2.24, 2.45) is 5.73 Å². The lowest BCUT2D eigenvalue weighted by Crippen LogP contribution is -2.22. The first kappa shape index (κ1) is 13.2. The van der Waals surface area contributed by atoms with Crippen molar-refractivity contribution in [3.63, 3.8) is 0 Å². The second kappa shape index (κ2) is 5.49. The molecule has 0 bridgehead atoms. The molecule has 2 N–H and O–H groups in total. The lowest BCUT2D eigenvalue weighted by molar-refractivity contribution is 0.586. The standard InChI is InChI=1S/C15H25N/c1-5-6-14(16)11-12-7-9-13(10-8-12)15(2,3)4/h7-10,14H,5-6,11,16H2,1-4H3. The summed E-state index contributed by atoms with van der Waals surface area (Å²) in [6.07, 6.45) is 3.28. The molecular formula is C15H25N. The molecule has 0 spiro atoms. The smallest absolute Gasteiger partial charge is 0.00792 e. The second-order valence-electron chi connectivity index (χ2n) is 5.70. The summed E-state index contributed by atoms with van der Waals surface area (Å²) in [4.78, 5) is 0. The maximum absolute atomic E-state index is 6.04. The lowest BCUT2D eigenvalue weighted by Gasteiger charge is -2.19. The summed E-state index contributed by atoms with van der Waals surface area (Å²) >= 11 is 0. The van der Waals surface area contributed by atoms with Crippen molar-refractivity contribution >= 4 is 0 Å². The molecule has 1 heteroatoms. The van der Waals surface area contributed by atoms with Crippen LogP contribution in [0.25, 0.3) is 0 Å². The quantitative estimate of drug-likeness (QED) is 0.822. The van der Waals surface area contributed by atoms with Gasteiger partial charge in [-0.05, 0) is 29.4 Å². The van der Waals surface area contributed by atoms with Crippen LogP contribution in [0.4, 0.5) is 0 Å². The van der Waals surface area contributed by atoms with E-state index < -0.39 is 0 Å². The first-order valence-corrected chi connectivity index (χ1v) is 6.28. The van der Waals surface area contributed by atoms with Gasteiger partial charge in [-0.3, -0.25) is 0 Å². The molecule has 0 saturated carbocycles. The Morgan fingerprint density at radius 2 is 1.69 bits per heavy atom. The van der Waals surface area contributed by atoms with Crippen LogP contribution >= 0.6 is 0 Å². The summed E-state index contributed by atoms with van der Waals surface area (Å²) in [6, 6.07) is 9.21. The molecule has 0 aliphatic rings. The maximum Gasteiger partial charge on any atom is 0.00792 e. The summed E-state index contributed by atoms with van der Waals surface area (Å²) < 4.78 is 0. The molecule has 0 saturated heterocycles. The van der Waals surface area contributed by atoms with Gasteiger partial charge in [-0.15, -0.1) is 0 Å². The van der Waals surface area contributed by atoms with E-state index in [-0.39, 0.29) is 5.41 Å². The van der Waals surface area contributed by atoms with Crippen LogP contribution in [-0.2, 0) is 11.8 Å². The van der Waals surface area contributed by atoms with Crippen LogP contribution in [0.1, 0.15) is 51.7 Å². The van der Waals surface area contributed by atoms with Crippen molar-refractivity contribution in [1.82, 2.24) is 0 Å². The SMILES string of the molecule is CCCC(N)Cc1ccc(C(C)(C)C)cc1. The van der Waals surface area contributed by atoms with Crippen molar-refractivity contribution in [2.45, 2.75) is 58.4 Å². The average molecular weight is 219 g/mol. The molecule has 0 radical (unpaired) electrons. The van der Waals surface area contributed by atoms with E-state index in [4.69, 9.17) is 5.73 Å². The van der Waals surface area contributed by atoms with E-state index in [0.29, 0.717) is 6.04 Å². The number of hydrogen-bond acceptors (Lipinski definition) is 1. The molecule has 1 rings (SSSR count). The largest absolute Gasteiger partial charge is 0.327 e. The van der Waals surface area contributed by atoms with Crippen molar-refractivity contribution in [3.8, 4) is 0 Å². The molecule has 0 fully saturated rings. The molecule has 1 unspecified atom stereocenters. The zero-order chi connectivity index (χ0) is 12.2. The number of hydrogen-bond donors (Lipinski definition) is 1. The van der Waals surface area contributed by atoms with Gasteiger partial charge in [-0.2, -0.15) is 0 Å². The minimum absolute atomic E-state index is 0.240. The highest BCUT2D eigenvalue weighted by molar-refractivity contribution is 5.27. The second-order valence-corrected chi connectivity index (χ2v) is 5.70. The van der Waals surface area contributed by atoms with Crippen LogP contribution in [0.15, 0.2) is 24.3 Å². The molecule has 0 heterocycles. The van der Waals surface area contributed by atoms with E-state index in [1.807, 2.05) is 0 Å². The number of benzene rings is 1. The molecule has 1 nitrogen and oxygen atoms in total. The van der Waals surface area contributed by atoms with E-state index in [0.717, 1.165) is 12.8 Å². The maximum atomic E-state index is 6.04. The van der Waals surface area contributed by atoms with Gasteiger partial charge in [0.25, 0.3) is 0 Å². The molecule has 0 aliphatic carbocycles. The highest BCUT2D eigenvalue weighted by Crippen LogP contribution is 2.22. The van der Waals surface area contributed by atoms with E-state index in [2.05, 4.69) is 52.0 Å². The number of nitrogens with two attached hydrogens (primary N) is 1. The highest BCUT2D eigenvalue weighted by atomic mass is 14.6. The average Bonchev–Trinajstić information content (AvgIpc) is 2.17. The zero-order valence-corrected chi connectivity index (χ0v) is 11.1.